The number of carbonyl (C=O) groups is 5. The van der Waals surface area contributed by atoms with Crippen molar-refractivity contribution in [2.45, 2.75) is 76.5 Å². The van der Waals surface area contributed by atoms with Gasteiger partial charge >= 0.3 is 13.5 Å². The van der Waals surface area contributed by atoms with Crippen molar-refractivity contribution in [2.24, 2.45) is 0 Å². The molecule has 366 valence electrons. The van der Waals surface area contributed by atoms with Crippen molar-refractivity contribution in [3.63, 3.8) is 0 Å². The Balaban J connectivity index is 1.08. The predicted molar refractivity (Wildman–Crippen MR) is 253 cm³/mol. The number of ether oxygens (including phenoxy) is 1. The topological polar surface area (TPSA) is 218 Å². The molecule has 0 aliphatic carbocycles. The van der Waals surface area contributed by atoms with E-state index in [0.717, 1.165) is 11.8 Å². The summed E-state index contributed by atoms with van der Waals surface area (Å²) in [7, 11) is -8.03. The number of halogens is 1. The number of aryl methyl sites for hydroxylation is 1. The number of hydrogen-bond donors (Lipinski definition) is 2. The summed E-state index contributed by atoms with van der Waals surface area (Å²) in [6.07, 6.45) is 2.77. The average molecular weight is 988 g/mol. The third kappa shape index (κ3) is 10.7. The summed E-state index contributed by atoms with van der Waals surface area (Å²) in [5, 5.41) is 11.0. The molecule has 3 aliphatic rings. The van der Waals surface area contributed by atoms with Crippen LogP contribution in [0.2, 0.25) is 0 Å². The minimum absolute atomic E-state index is 0.0488. The van der Waals surface area contributed by atoms with Gasteiger partial charge in [-0.1, -0.05) is 60.1 Å². The maximum atomic E-state index is 16.8. The van der Waals surface area contributed by atoms with Gasteiger partial charge in [0.1, 0.15) is 23.9 Å². The monoisotopic (exact) mass is 987 g/mol. The largest absolute Gasteiger partial charge is 0.465 e. The first-order valence-corrected chi connectivity index (χ1v) is 26.5. The highest BCUT2D eigenvalue weighted by Crippen LogP contribution is 2.58. The van der Waals surface area contributed by atoms with Gasteiger partial charge in [0.2, 0.25) is 27.8 Å². The number of sulfonamides is 1. The second-order valence-corrected chi connectivity index (χ2v) is 21.8. The Kier molecular flexibility index (Phi) is 14.6. The molecule has 3 saturated heterocycles. The number of esters is 1. The van der Waals surface area contributed by atoms with Crippen molar-refractivity contribution in [1.29, 1.82) is 0 Å². The molecule has 8 rings (SSSR count). The van der Waals surface area contributed by atoms with Crippen LogP contribution in [0.5, 0.6) is 5.75 Å². The van der Waals surface area contributed by atoms with Crippen molar-refractivity contribution in [3.8, 4) is 5.75 Å². The van der Waals surface area contributed by atoms with E-state index in [1.165, 1.54) is 57.4 Å². The van der Waals surface area contributed by atoms with Crippen LogP contribution in [0.3, 0.4) is 0 Å². The number of nitrogens with zero attached hydrogens (tertiary/aromatic N) is 5. The van der Waals surface area contributed by atoms with E-state index in [0.29, 0.717) is 47.4 Å². The van der Waals surface area contributed by atoms with Crippen molar-refractivity contribution < 1.29 is 55.1 Å². The lowest BCUT2D eigenvalue weighted by atomic mass is 10.0. The van der Waals surface area contributed by atoms with E-state index < -0.39 is 71.3 Å². The Hall–Kier alpha value is -6.21. The number of amides is 4. The fourth-order valence-corrected chi connectivity index (χ4v) is 11.9. The quantitative estimate of drug-likeness (QED) is 0.103. The van der Waals surface area contributed by atoms with Crippen LogP contribution in [0.4, 0.5) is 4.39 Å². The molecule has 18 nitrogen and oxygen atoms in total. The summed E-state index contributed by atoms with van der Waals surface area (Å²) in [6, 6.07) is 18.5. The van der Waals surface area contributed by atoms with Crippen molar-refractivity contribution in [3.05, 3.63) is 107 Å². The number of aromatic nitrogens is 1. The number of nitrogens with one attached hydrogen (secondary N) is 2. The van der Waals surface area contributed by atoms with E-state index in [4.69, 9.17) is 13.8 Å². The molecule has 0 spiro atoms. The standard InChI is InChI=1S/C48H55FN7O11PS/c1-5-25-65-48(61)31(3)52-68(62,67-37-9-7-6-8-10-37)43(49)33-14-12-32-13-15-34(28-35(32)27-33)44(57)50-39-29-54(47(60)42-38-26-30(2)11-18-41(38)66-51-42)20-19-36-16-17-40(56(36)45(39)58)46(59)53-21-23-55(24-22-53)69(4,63)64/h6-15,18,26-28,31,36,39-40,43H,5,16-17,19-25,29H2,1-4H3,(H,50,57)(H,52,62)/t31-,36+,39-,40-,43?,68?/m0/s1. The summed E-state index contributed by atoms with van der Waals surface area (Å²) < 4.78 is 73.5. The molecule has 21 heteroatoms. The Morgan fingerprint density at radius 3 is 2.38 bits per heavy atom. The molecule has 69 heavy (non-hydrogen) atoms. The lowest BCUT2D eigenvalue weighted by molar-refractivity contribution is -0.148. The average Bonchev–Trinajstić information content (AvgIpc) is 3.96. The Morgan fingerprint density at radius 1 is 0.913 bits per heavy atom. The Morgan fingerprint density at radius 2 is 1.65 bits per heavy atom. The zero-order valence-electron chi connectivity index (χ0n) is 38.7. The molecule has 4 amide bonds. The van der Waals surface area contributed by atoms with E-state index in [-0.39, 0.29) is 74.4 Å². The van der Waals surface area contributed by atoms with Gasteiger partial charge in [-0.15, -0.1) is 0 Å². The zero-order valence-corrected chi connectivity index (χ0v) is 40.4. The van der Waals surface area contributed by atoms with Crippen LogP contribution in [0.1, 0.15) is 77.4 Å². The summed E-state index contributed by atoms with van der Waals surface area (Å²) >= 11 is 0. The summed E-state index contributed by atoms with van der Waals surface area (Å²) in [5.74, 6) is -5.05. The number of rotatable bonds is 14. The molecule has 4 aromatic carbocycles. The maximum Gasteiger partial charge on any atom is 0.355 e. The van der Waals surface area contributed by atoms with Gasteiger partial charge in [0.05, 0.1) is 24.8 Å². The molecular formula is C48H55FN7O11PS. The third-order valence-corrected chi connectivity index (χ3v) is 16.2. The van der Waals surface area contributed by atoms with Crippen LogP contribution in [0.15, 0.2) is 89.5 Å². The molecule has 2 unspecified atom stereocenters. The summed E-state index contributed by atoms with van der Waals surface area (Å²) in [5.41, 5.74) is 1.32. The van der Waals surface area contributed by atoms with Crippen molar-refractivity contribution in [2.75, 3.05) is 52.1 Å². The number of fused-ring (bicyclic) bond motifs is 3. The van der Waals surface area contributed by atoms with Gasteiger partial charge in [-0.2, -0.15) is 4.31 Å². The minimum Gasteiger partial charge on any atom is -0.465 e. The molecule has 4 heterocycles. The predicted octanol–water partition coefficient (Wildman–Crippen LogP) is 5.57. The van der Waals surface area contributed by atoms with Gasteiger partial charge in [-0.3, -0.25) is 28.5 Å². The molecule has 3 aliphatic heterocycles. The molecule has 0 radical (unpaired) electrons. The highest BCUT2D eigenvalue weighted by molar-refractivity contribution is 7.88. The normalized spacial score (nSPS) is 20.9. The smallest absolute Gasteiger partial charge is 0.355 e. The fourth-order valence-electron chi connectivity index (χ4n) is 9.13. The first kappa shape index (κ1) is 49.2. The van der Waals surface area contributed by atoms with E-state index in [9.17, 15) is 37.0 Å². The van der Waals surface area contributed by atoms with Crippen LogP contribution in [-0.2, 0) is 33.7 Å². The summed E-state index contributed by atoms with van der Waals surface area (Å²) in [6.45, 7) is 5.61. The lowest BCUT2D eigenvalue weighted by Crippen LogP contribution is -2.62. The maximum absolute atomic E-state index is 16.8. The van der Waals surface area contributed by atoms with Gasteiger partial charge in [0.15, 0.2) is 11.3 Å². The van der Waals surface area contributed by atoms with Crippen LogP contribution < -0.4 is 14.9 Å². The van der Waals surface area contributed by atoms with E-state index in [2.05, 4.69) is 15.6 Å². The fraction of sp³-hybridized carbons (Fsp3) is 0.417. The number of alkyl halides is 1. The summed E-state index contributed by atoms with van der Waals surface area (Å²) in [4.78, 5) is 75.1. The van der Waals surface area contributed by atoms with Crippen molar-refractivity contribution >= 4 is 68.9 Å². The van der Waals surface area contributed by atoms with E-state index >= 15 is 4.39 Å². The van der Waals surface area contributed by atoms with E-state index in [1.807, 2.05) is 19.9 Å². The molecule has 6 atom stereocenters. The number of para-hydroxylation sites is 1. The Bertz CT molecular complexity index is 2930. The van der Waals surface area contributed by atoms with Crippen LogP contribution in [-0.4, -0.2) is 138 Å². The number of piperazine rings is 1. The van der Waals surface area contributed by atoms with Gasteiger partial charge in [-0.05, 0) is 98.3 Å². The van der Waals surface area contributed by atoms with Gasteiger partial charge < -0.3 is 33.8 Å². The first-order valence-electron chi connectivity index (χ1n) is 22.9. The molecule has 0 bridgehead atoms. The van der Waals surface area contributed by atoms with Crippen LogP contribution >= 0.6 is 7.52 Å². The number of carbonyl (C=O) groups excluding carboxylic acids is 5. The first-order chi connectivity index (χ1) is 32.9. The number of hydrogen-bond acceptors (Lipinski definition) is 12. The van der Waals surface area contributed by atoms with Crippen LogP contribution in [0.25, 0.3) is 21.7 Å². The third-order valence-electron chi connectivity index (χ3n) is 12.8. The molecule has 1 aromatic heterocycles. The van der Waals surface area contributed by atoms with Crippen molar-refractivity contribution in [1.82, 2.24) is 34.6 Å². The Labute approximate surface area is 399 Å². The van der Waals surface area contributed by atoms with Gasteiger partial charge in [0.25, 0.3) is 11.8 Å². The minimum atomic E-state index is -4.57. The molecule has 5 aromatic rings. The molecule has 3 fully saturated rings. The van der Waals surface area contributed by atoms with E-state index in [1.54, 1.807) is 47.4 Å². The second-order valence-electron chi connectivity index (χ2n) is 17.8. The second kappa shape index (κ2) is 20.4. The van der Waals surface area contributed by atoms with Gasteiger partial charge in [0, 0.05) is 44.3 Å². The highest BCUT2D eigenvalue weighted by atomic mass is 32.2. The molecular weight excluding hydrogens is 933 g/mol. The molecule has 0 saturated carbocycles. The number of benzene rings is 4. The SMILES string of the molecule is CCCOC(=O)[C@H](C)NP(=O)(Oc1ccccc1)C(F)c1ccc2ccc(C(=O)N[C@H]3CN(C(=O)c4noc5ccc(C)cc45)CC[C@H]4CC[C@@H](C(=O)N5CCN(S(C)(=O)=O)CC5)N4C3=O)cc2c1. The lowest BCUT2D eigenvalue weighted by Gasteiger charge is -2.40. The van der Waals surface area contributed by atoms with Gasteiger partial charge in [-0.25, -0.2) is 17.9 Å². The highest BCUT2D eigenvalue weighted by Gasteiger charge is 2.47. The molecule has 2 N–H and O–H groups in total. The zero-order chi connectivity index (χ0) is 49.2. The van der Waals surface area contributed by atoms with Crippen LogP contribution in [0, 0.1) is 6.92 Å².